The molecule has 5 rings (SSSR count). The van der Waals surface area contributed by atoms with Crippen LogP contribution in [0.5, 0.6) is 0 Å². The second-order valence-corrected chi connectivity index (χ2v) is 9.71. The molecule has 0 spiro atoms. The molecule has 6 nitrogen and oxygen atoms in total. The van der Waals surface area contributed by atoms with Gasteiger partial charge >= 0.3 is 0 Å². The molecule has 0 unspecified atom stereocenters. The maximum atomic E-state index is 12.3. The number of hydrogen-bond donors (Lipinski definition) is 2. The average molecular weight is 496 g/mol. The summed E-state index contributed by atoms with van der Waals surface area (Å²) < 4.78 is 2.13. The van der Waals surface area contributed by atoms with Crippen molar-refractivity contribution >= 4 is 34.6 Å². The van der Waals surface area contributed by atoms with E-state index in [0.717, 1.165) is 33.9 Å². The molecule has 2 atom stereocenters. The van der Waals surface area contributed by atoms with Crippen molar-refractivity contribution in [1.29, 1.82) is 0 Å². The molecule has 2 N–H and O–H groups in total. The van der Waals surface area contributed by atoms with Gasteiger partial charge in [0.1, 0.15) is 0 Å². The molecule has 1 aliphatic heterocycles. The van der Waals surface area contributed by atoms with Gasteiger partial charge in [-0.25, -0.2) is 0 Å². The highest BCUT2D eigenvalue weighted by Crippen LogP contribution is 2.42. The monoisotopic (exact) mass is 495 g/mol. The van der Waals surface area contributed by atoms with Gasteiger partial charge in [-0.2, -0.15) is 0 Å². The summed E-state index contributed by atoms with van der Waals surface area (Å²) in [5.74, 6) is -0.0869. The Balaban J connectivity index is 1.54. The molecule has 0 bridgehead atoms. The number of para-hydroxylation sites is 1. The number of benzene rings is 2. The second-order valence-electron chi connectivity index (χ2n) is 9.33. The topological polar surface area (TPSA) is 62.2 Å². The Morgan fingerprint density at radius 2 is 1.81 bits per heavy atom. The van der Waals surface area contributed by atoms with E-state index in [9.17, 15) is 4.79 Å². The highest BCUT2D eigenvalue weighted by Gasteiger charge is 2.41. The van der Waals surface area contributed by atoms with Gasteiger partial charge in [0, 0.05) is 41.6 Å². The molecule has 1 amide bonds. The van der Waals surface area contributed by atoms with Crippen molar-refractivity contribution in [3.8, 4) is 5.69 Å². The molecule has 36 heavy (non-hydrogen) atoms. The largest absolute Gasteiger partial charge is 0.351 e. The third-order valence-corrected chi connectivity index (χ3v) is 6.79. The molecule has 7 heteroatoms. The summed E-state index contributed by atoms with van der Waals surface area (Å²) >= 11 is 5.87. The number of nitrogens with one attached hydrogen (secondary N) is 2. The minimum absolute atomic E-state index is 0.000413. The smallest absolute Gasteiger partial charge is 0.226 e. The van der Waals surface area contributed by atoms with Crippen LogP contribution >= 0.6 is 12.2 Å². The zero-order valence-corrected chi connectivity index (χ0v) is 21.4. The zero-order valence-electron chi connectivity index (χ0n) is 20.6. The van der Waals surface area contributed by atoms with Gasteiger partial charge in [0.05, 0.1) is 17.8 Å². The van der Waals surface area contributed by atoms with Crippen LogP contribution in [0.4, 0.5) is 11.4 Å². The number of anilines is 2. The lowest BCUT2D eigenvalue weighted by Crippen LogP contribution is -2.29. The molecule has 1 saturated heterocycles. The van der Waals surface area contributed by atoms with Crippen LogP contribution in [0.1, 0.15) is 42.8 Å². The Labute approximate surface area is 217 Å². The predicted octanol–water partition coefficient (Wildman–Crippen LogP) is 5.95. The van der Waals surface area contributed by atoms with Gasteiger partial charge in [-0.3, -0.25) is 9.78 Å². The lowest BCUT2D eigenvalue weighted by molar-refractivity contribution is -0.118. The lowest BCUT2D eigenvalue weighted by atomic mass is 9.98. The number of aromatic nitrogens is 2. The second kappa shape index (κ2) is 9.95. The third-order valence-electron chi connectivity index (χ3n) is 6.48. The van der Waals surface area contributed by atoms with Gasteiger partial charge in [-0.1, -0.05) is 38.1 Å². The van der Waals surface area contributed by atoms with E-state index in [1.165, 1.54) is 0 Å². The summed E-state index contributed by atoms with van der Waals surface area (Å²) in [6, 6.07) is 24.2. The number of pyridine rings is 1. The van der Waals surface area contributed by atoms with Gasteiger partial charge in [-0.15, -0.1) is 0 Å². The molecule has 0 saturated carbocycles. The molecule has 2 aromatic heterocycles. The predicted molar refractivity (Wildman–Crippen MR) is 148 cm³/mol. The van der Waals surface area contributed by atoms with Crippen LogP contribution in [-0.2, 0) is 4.79 Å². The normalized spacial score (nSPS) is 17.3. The fourth-order valence-corrected chi connectivity index (χ4v) is 4.88. The number of thiocarbonyl (C=S) groups is 1. The Hall–Kier alpha value is -3.97. The van der Waals surface area contributed by atoms with Crippen molar-refractivity contribution in [3.05, 3.63) is 108 Å². The Morgan fingerprint density at radius 1 is 1.03 bits per heavy atom. The fraction of sp³-hybridized carbons (Fsp3) is 0.207. The van der Waals surface area contributed by atoms with Crippen LogP contribution < -0.4 is 15.5 Å². The number of carbonyl (C=O) groups excluding carboxylic acids is 1. The lowest BCUT2D eigenvalue weighted by Gasteiger charge is -2.28. The van der Waals surface area contributed by atoms with Crippen molar-refractivity contribution in [3.63, 3.8) is 0 Å². The van der Waals surface area contributed by atoms with Crippen molar-refractivity contribution < 1.29 is 4.79 Å². The molecule has 1 aliphatic rings. The highest BCUT2D eigenvalue weighted by molar-refractivity contribution is 7.80. The Kier molecular flexibility index (Phi) is 6.57. The molecule has 0 aliphatic carbocycles. The maximum Gasteiger partial charge on any atom is 0.226 e. The van der Waals surface area contributed by atoms with E-state index >= 15 is 0 Å². The SMILES string of the molecule is Cc1cc(N2C(=S)N[C@@H](c3ccccn3)[C@H]2c2ccn(-c3ccccc3)c2)ccc1NC(=O)C(C)C. The van der Waals surface area contributed by atoms with Gasteiger partial charge in [0.2, 0.25) is 5.91 Å². The van der Waals surface area contributed by atoms with Crippen molar-refractivity contribution in [1.82, 2.24) is 14.9 Å². The number of hydrogen-bond acceptors (Lipinski definition) is 3. The first-order valence-corrected chi connectivity index (χ1v) is 12.5. The summed E-state index contributed by atoms with van der Waals surface area (Å²) in [7, 11) is 0. The van der Waals surface area contributed by atoms with E-state index in [-0.39, 0.29) is 23.9 Å². The van der Waals surface area contributed by atoms with E-state index in [2.05, 4.69) is 61.7 Å². The average Bonchev–Trinajstić information content (AvgIpc) is 3.51. The van der Waals surface area contributed by atoms with Crippen LogP contribution in [0.2, 0.25) is 0 Å². The van der Waals surface area contributed by atoms with Gasteiger partial charge in [-0.05, 0) is 78.8 Å². The number of aryl methyl sites for hydroxylation is 1. The number of nitrogens with zero attached hydrogens (tertiary/aromatic N) is 3. The number of amides is 1. The molecule has 0 radical (unpaired) electrons. The summed E-state index contributed by atoms with van der Waals surface area (Å²) in [6.45, 7) is 5.78. The van der Waals surface area contributed by atoms with Crippen molar-refractivity contribution in [2.45, 2.75) is 32.9 Å². The first-order valence-electron chi connectivity index (χ1n) is 12.1. The van der Waals surface area contributed by atoms with Gasteiger partial charge < -0.3 is 20.1 Å². The molecular weight excluding hydrogens is 466 g/mol. The van der Waals surface area contributed by atoms with Crippen LogP contribution in [-0.4, -0.2) is 20.6 Å². The zero-order chi connectivity index (χ0) is 25.2. The molecule has 2 aromatic carbocycles. The molecule has 1 fully saturated rings. The fourth-order valence-electron chi connectivity index (χ4n) is 4.54. The van der Waals surface area contributed by atoms with Crippen LogP contribution in [0, 0.1) is 12.8 Å². The maximum absolute atomic E-state index is 12.3. The number of rotatable bonds is 6. The molecular formula is C29H29N5OS. The first-order chi connectivity index (χ1) is 17.4. The summed E-state index contributed by atoms with van der Waals surface area (Å²) in [6.07, 6.45) is 6.05. The number of carbonyl (C=O) groups is 1. The van der Waals surface area contributed by atoms with Crippen molar-refractivity contribution in [2.75, 3.05) is 10.2 Å². The molecule has 4 aromatic rings. The third kappa shape index (κ3) is 4.62. The van der Waals surface area contributed by atoms with Crippen LogP contribution in [0.25, 0.3) is 5.69 Å². The summed E-state index contributed by atoms with van der Waals surface area (Å²) in [5, 5.41) is 7.17. The van der Waals surface area contributed by atoms with E-state index in [0.29, 0.717) is 5.11 Å². The van der Waals surface area contributed by atoms with E-state index in [4.69, 9.17) is 12.2 Å². The van der Waals surface area contributed by atoms with Crippen LogP contribution in [0.3, 0.4) is 0 Å². The standard InChI is InChI=1S/C29H29N5OS/c1-19(2)28(35)31-24-13-12-23(17-20(24)3)34-27(26(32-29(34)36)25-11-7-8-15-30-25)21-14-16-33(18-21)22-9-5-4-6-10-22/h4-19,26-27H,1-3H3,(H,31,35)(H,32,36)/t26-,27+/m0/s1. The van der Waals surface area contributed by atoms with Gasteiger partial charge in [0.15, 0.2) is 5.11 Å². The Morgan fingerprint density at radius 3 is 2.50 bits per heavy atom. The van der Waals surface area contributed by atoms with E-state index in [1.807, 2.05) is 75.5 Å². The minimum Gasteiger partial charge on any atom is -0.351 e. The van der Waals surface area contributed by atoms with E-state index in [1.54, 1.807) is 0 Å². The summed E-state index contributed by atoms with van der Waals surface area (Å²) in [4.78, 5) is 19.0. The van der Waals surface area contributed by atoms with Crippen molar-refractivity contribution in [2.24, 2.45) is 5.92 Å². The molecule has 3 heterocycles. The minimum atomic E-state index is -0.119. The van der Waals surface area contributed by atoms with E-state index < -0.39 is 0 Å². The van der Waals surface area contributed by atoms with Gasteiger partial charge in [0.25, 0.3) is 0 Å². The highest BCUT2D eigenvalue weighted by atomic mass is 32.1. The first kappa shape index (κ1) is 23.8. The summed E-state index contributed by atoms with van der Waals surface area (Å²) in [5.41, 5.74) is 5.89. The Bertz CT molecular complexity index is 1380. The molecule has 182 valence electrons. The quantitative estimate of drug-likeness (QED) is 0.324. The van der Waals surface area contributed by atoms with Crippen LogP contribution in [0.15, 0.2) is 91.4 Å².